The van der Waals surface area contributed by atoms with Crippen LogP contribution in [0, 0.1) is 19.8 Å². The third kappa shape index (κ3) is 6.56. The molecule has 210 valence electrons. The summed E-state index contributed by atoms with van der Waals surface area (Å²) in [6, 6.07) is 6.32. The summed E-state index contributed by atoms with van der Waals surface area (Å²) in [6.07, 6.45) is 7.49. The number of urea groups is 1. The van der Waals surface area contributed by atoms with Crippen molar-refractivity contribution in [3.63, 3.8) is 0 Å². The van der Waals surface area contributed by atoms with E-state index in [4.69, 9.17) is 9.72 Å². The van der Waals surface area contributed by atoms with Gasteiger partial charge >= 0.3 is 6.03 Å². The summed E-state index contributed by atoms with van der Waals surface area (Å²) in [5, 5.41) is 1.76. The molecule has 0 aliphatic carbocycles. The third-order valence-corrected chi connectivity index (χ3v) is 8.21. The van der Waals surface area contributed by atoms with Crippen molar-refractivity contribution < 1.29 is 13.9 Å². The summed E-state index contributed by atoms with van der Waals surface area (Å²) in [5.41, 5.74) is 8.29. The Bertz CT molecular complexity index is 1350. The van der Waals surface area contributed by atoms with Crippen LogP contribution in [0.4, 0.5) is 20.6 Å². The number of aryl methyl sites for hydroxylation is 3. The minimum Gasteiger partial charge on any atom is -0.378 e. The van der Waals surface area contributed by atoms with Gasteiger partial charge in [0.15, 0.2) is 5.65 Å². The highest BCUT2D eigenvalue weighted by Gasteiger charge is 2.31. The van der Waals surface area contributed by atoms with Crippen molar-refractivity contribution in [1.29, 1.82) is 0 Å². The normalized spacial score (nSPS) is 18.3. The number of hydrogen-bond acceptors (Lipinski definition) is 4. The van der Waals surface area contributed by atoms with Crippen LogP contribution in [0.1, 0.15) is 43.0 Å². The van der Waals surface area contributed by atoms with Crippen molar-refractivity contribution in [3.05, 3.63) is 47.4 Å². The SMILES string of the molecule is CCCc1cn2cc(-c3cc(NC(=O)N4CC[C@@H](CC(F)(P)P)C4)c(C)cc3C)cc(N3CCOCC3)c2n1. The first-order valence-corrected chi connectivity index (χ1v) is 15.1. The Morgan fingerprint density at radius 3 is 2.64 bits per heavy atom. The monoisotopic (exact) mass is 571 g/mol. The predicted octanol–water partition coefficient (Wildman–Crippen LogP) is 6.02. The molecule has 2 aromatic heterocycles. The van der Waals surface area contributed by atoms with Gasteiger partial charge in [-0.25, -0.2) is 14.2 Å². The van der Waals surface area contributed by atoms with E-state index in [-0.39, 0.29) is 11.9 Å². The quantitative estimate of drug-likeness (QED) is 0.352. The fourth-order valence-corrected chi connectivity index (χ4v) is 6.48. The largest absolute Gasteiger partial charge is 0.378 e. The molecule has 2 unspecified atom stereocenters. The van der Waals surface area contributed by atoms with Crippen LogP contribution in [0.5, 0.6) is 0 Å². The van der Waals surface area contributed by atoms with Crippen LogP contribution in [-0.2, 0) is 11.2 Å². The number of carbonyl (C=O) groups excluding carboxylic acids is 1. The molecule has 1 aromatic carbocycles. The van der Waals surface area contributed by atoms with Gasteiger partial charge in [0.2, 0.25) is 0 Å². The molecule has 10 heteroatoms. The van der Waals surface area contributed by atoms with Gasteiger partial charge in [0.25, 0.3) is 0 Å². The number of nitrogens with one attached hydrogen (secondary N) is 1. The molecule has 2 amide bonds. The number of anilines is 2. The molecule has 2 fully saturated rings. The average molecular weight is 572 g/mol. The summed E-state index contributed by atoms with van der Waals surface area (Å²) in [7, 11) is 4.47. The molecule has 4 heterocycles. The maximum Gasteiger partial charge on any atom is 0.321 e. The maximum atomic E-state index is 14.1. The zero-order valence-corrected chi connectivity index (χ0v) is 25.5. The summed E-state index contributed by atoms with van der Waals surface area (Å²) in [6.45, 7) is 10.6. The predicted molar refractivity (Wildman–Crippen MR) is 164 cm³/mol. The molecule has 0 bridgehead atoms. The van der Waals surface area contributed by atoms with Crippen LogP contribution in [0.25, 0.3) is 16.8 Å². The number of ether oxygens (including phenoxy) is 1. The number of imidazole rings is 1. The number of morpholine rings is 1. The van der Waals surface area contributed by atoms with Crippen molar-refractivity contribution >= 4 is 41.5 Å². The van der Waals surface area contributed by atoms with E-state index in [1.807, 2.05) is 6.92 Å². The Hall–Kier alpha value is -2.27. The fraction of sp³-hybridized carbons (Fsp3) is 0.517. The number of benzene rings is 1. The lowest BCUT2D eigenvalue weighted by atomic mass is 9.98. The molecule has 2 aliphatic rings. The van der Waals surface area contributed by atoms with Crippen LogP contribution in [0.3, 0.4) is 0 Å². The molecule has 3 atom stereocenters. The number of rotatable bonds is 7. The van der Waals surface area contributed by atoms with E-state index in [1.165, 1.54) is 0 Å². The standard InChI is InChI=1S/C29H40FN5O2P2/c1-4-5-23-18-35-17-22(13-26(27(35)31-23)33-8-10-37-11-9-33)24-14-25(20(3)12-19(24)2)32-28(36)34-7-6-21(16-34)15-29(30,38)39/h12-14,17-18,21H,4-11,15-16,38-39H2,1-3H3,(H,32,36)/t21-/m0/s1. The van der Waals surface area contributed by atoms with Crippen LogP contribution < -0.4 is 10.2 Å². The molecule has 0 radical (unpaired) electrons. The number of carbonyl (C=O) groups is 1. The minimum atomic E-state index is -1.38. The second-order valence-electron chi connectivity index (χ2n) is 11.1. The molecule has 1 N–H and O–H groups in total. The van der Waals surface area contributed by atoms with E-state index < -0.39 is 5.15 Å². The lowest BCUT2D eigenvalue weighted by Gasteiger charge is -2.29. The molecular formula is C29H40FN5O2P2. The van der Waals surface area contributed by atoms with Crippen molar-refractivity contribution in [2.75, 3.05) is 49.6 Å². The van der Waals surface area contributed by atoms with Gasteiger partial charge in [-0.2, -0.15) is 0 Å². The molecule has 0 spiro atoms. The Balaban J connectivity index is 1.45. The highest BCUT2D eigenvalue weighted by molar-refractivity contribution is 7.39. The molecule has 7 nitrogen and oxygen atoms in total. The second-order valence-corrected chi connectivity index (χ2v) is 13.7. The van der Waals surface area contributed by atoms with Gasteiger partial charge in [-0.15, -0.1) is 0 Å². The Kier molecular flexibility index (Phi) is 8.47. The van der Waals surface area contributed by atoms with Crippen LogP contribution in [0.2, 0.25) is 0 Å². The molecule has 2 aliphatic heterocycles. The van der Waals surface area contributed by atoms with Crippen LogP contribution >= 0.6 is 18.5 Å². The number of hydrogen-bond donors (Lipinski definition) is 1. The van der Waals surface area contributed by atoms with Crippen molar-refractivity contribution in [1.82, 2.24) is 14.3 Å². The average Bonchev–Trinajstić information content (AvgIpc) is 3.51. The summed E-state index contributed by atoms with van der Waals surface area (Å²) < 4.78 is 21.9. The zero-order chi connectivity index (χ0) is 27.7. The number of alkyl halides is 1. The third-order valence-electron chi connectivity index (χ3n) is 7.74. The van der Waals surface area contributed by atoms with E-state index in [0.29, 0.717) is 32.7 Å². The van der Waals surface area contributed by atoms with Crippen LogP contribution in [-0.4, -0.2) is 64.9 Å². The molecule has 3 aromatic rings. The number of halogens is 1. The van der Waals surface area contributed by atoms with Crippen LogP contribution in [0.15, 0.2) is 30.6 Å². The van der Waals surface area contributed by atoms with E-state index in [9.17, 15) is 9.18 Å². The molecule has 39 heavy (non-hydrogen) atoms. The topological polar surface area (TPSA) is 62.1 Å². The van der Waals surface area contributed by atoms with Crippen molar-refractivity contribution in [3.8, 4) is 11.1 Å². The Morgan fingerprint density at radius 1 is 1.15 bits per heavy atom. The minimum absolute atomic E-state index is 0.129. The smallest absolute Gasteiger partial charge is 0.321 e. The second kappa shape index (κ2) is 11.7. The number of fused-ring (bicyclic) bond motifs is 1. The highest BCUT2D eigenvalue weighted by Crippen LogP contribution is 2.38. The summed E-state index contributed by atoms with van der Waals surface area (Å²) >= 11 is 0. The van der Waals surface area contributed by atoms with Gasteiger partial charge < -0.3 is 24.3 Å². The first-order valence-electron chi connectivity index (χ1n) is 13.9. The number of aromatic nitrogens is 2. The Labute approximate surface area is 235 Å². The number of amides is 2. The molecule has 0 saturated carbocycles. The van der Waals surface area contributed by atoms with Gasteiger partial charge in [-0.3, -0.25) is 0 Å². The zero-order valence-electron chi connectivity index (χ0n) is 23.2. The van der Waals surface area contributed by atoms with Crippen molar-refractivity contribution in [2.45, 2.75) is 51.6 Å². The molecule has 5 rings (SSSR count). The molecular weight excluding hydrogens is 531 g/mol. The summed E-state index contributed by atoms with van der Waals surface area (Å²) in [5.74, 6) is 0.156. The maximum absolute atomic E-state index is 14.1. The van der Waals surface area contributed by atoms with E-state index in [1.54, 1.807) is 4.90 Å². The lowest BCUT2D eigenvalue weighted by Crippen LogP contribution is -2.36. The highest BCUT2D eigenvalue weighted by atomic mass is 31.1. The Morgan fingerprint density at radius 2 is 1.92 bits per heavy atom. The summed E-state index contributed by atoms with van der Waals surface area (Å²) in [4.78, 5) is 22.3. The lowest BCUT2D eigenvalue weighted by molar-refractivity contribution is 0.123. The first-order chi connectivity index (χ1) is 18.6. The number of likely N-dealkylation sites (tertiary alicyclic amines) is 1. The molecule has 2 saturated heterocycles. The van der Waals surface area contributed by atoms with E-state index in [0.717, 1.165) is 77.3 Å². The van der Waals surface area contributed by atoms with Crippen molar-refractivity contribution in [2.24, 2.45) is 5.92 Å². The van der Waals surface area contributed by atoms with Gasteiger partial charge in [-0.1, -0.05) is 37.9 Å². The van der Waals surface area contributed by atoms with Gasteiger partial charge in [-0.05, 0) is 67.9 Å². The number of pyridine rings is 1. The van der Waals surface area contributed by atoms with E-state index >= 15 is 0 Å². The van der Waals surface area contributed by atoms with Gasteiger partial charge in [0, 0.05) is 49.8 Å². The number of nitrogens with zero attached hydrogens (tertiary/aromatic N) is 4. The first kappa shape index (κ1) is 28.3. The fourth-order valence-electron chi connectivity index (χ4n) is 5.81. The van der Waals surface area contributed by atoms with E-state index in [2.05, 4.69) is 77.5 Å². The van der Waals surface area contributed by atoms with Gasteiger partial charge in [0.05, 0.1) is 24.6 Å². The van der Waals surface area contributed by atoms with Gasteiger partial charge in [0.1, 0.15) is 5.15 Å².